The minimum absolute atomic E-state index is 0.0274. The lowest BCUT2D eigenvalue weighted by Gasteiger charge is -2.25. The average molecular weight is 425 g/mol. The van der Waals surface area contributed by atoms with Crippen LogP contribution in [0.4, 0.5) is 10.2 Å². The number of fused-ring (bicyclic) bond motifs is 1. The van der Waals surface area contributed by atoms with Gasteiger partial charge in [0.1, 0.15) is 28.9 Å². The molecule has 1 aliphatic rings. The Bertz CT molecular complexity index is 1160. The molecule has 0 bridgehead atoms. The molecule has 1 unspecified atom stereocenters. The van der Waals surface area contributed by atoms with Gasteiger partial charge < -0.3 is 20.5 Å². The Morgan fingerprint density at radius 3 is 2.87 bits per heavy atom. The van der Waals surface area contributed by atoms with Crippen LogP contribution >= 0.6 is 0 Å². The molecule has 1 saturated heterocycles. The van der Waals surface area contributed by atoms with Crippen LogP contribution in [0.1, 0.15) is 37.9 Å². The lowest BCUT2D eigenvalue weighted by atomic mass is 10.0. The number of nitrogens with one attached hydrogen (secondary N) is 2. The maximum Gasteiger partial charge on any atom is 0.165 e. The van der Waals surface area contributed by atoms with Crippen molar-refractivity contribution in [2.75, 3.05) is 25.5 Å². The van der Waals surface area contributed by atoms with Crippen LogP contribution in [0.25, 0.3) is 16.9 Å². The standard InChI is InChI=1S/C21H24FN7O2/c1-21(2,30)18-16(31-3)11-29-20(28-18)14(10-25-29)17-15(22)7-12(8-23)19(27-17)26-13-5-4-6-24-9-13/h7,10-11,13,24,30H,4-6,9H2,1-3H3,(H,26,27). The normalized spacial score (nSPS) is 16.8. The molecule has 0 spiro atoms. The number of hydrogen-bond donors (Lipinski definition) is 3. The van der Waals surface area contributed by atoms with Crippen molar-refractivity contribution in [3.8, 4) is 23.1 Å². The van der Waals surface area contributed by atoms with Crippen molar-refractivity contribution in [2.45, 2.75) is 38.3 Å². The molecule has 3 aromatic rings. The summed E-state index contributed by atoms with van der Waals surface area (Å²) in [5.41, 5.74) is -0.162. The fourth-order valence-electron chi connectivity index (χ4n) is 3.69. The van der Waals surface area contributed by atoms with Gasteiger partial charge in [-0.05, 0) is 39.3 Å². The lowest BCUT2D eigenvalue weighted by molar-refractivity contribution is 0.0707. The van der Waals surface area contributed by atoms with Crippen molar-refractivity contribution in [2.24, 2.45) is 0 Å². The van der Waals surface area contributed by atoms with Crippen LogP contribution in [0.2, 0.25) is 0 Å². The third kappa shape index (κ3) is 4.02. The number of hydrogen-bond acceptors (Lipinski definition) is 8. The molecule has 31 heavy (non-hydrogen) atoms. The number of pyridine rings is 1. The van der Waals surface area contributed by atoms with Gasteiger partial charge in [-0.1, -0.05) is 0 Å². The summed E-state index contributed by atoms with van der Waals surface area (Å²) < 4.78 is 21.7. The molecule has 3 N–H and O–H groups in total. The molecule has 162 valence electrons. The Hall–Kier alpha value is -3.29. The van der Waals surface area contributed by atoms with Crippen molar-refractivity contribution >= 4 is 11.5 Å². The van der Waals surface area contributed by atoms with Gasteiger partial charge in [-0.15, -0.1) is 0 Å². The molecule has 0 aromatic carbocycles. The summed E-state index contributed by atoms with van der Waals surface area (Å²) in [6, 6.07) is 3.28. The van der Waals surface area contributed by atoms with Crippen LogP contribution in [0, 0.1) is 17.1 Å². The minimum Gasteiger partial charge on any atom is -0.493 e. The quantitative estimate of drug-likeness (QED) is 0.569. The van der Waals surface area contributed by atoms with E-state index in [0.717, 1.165) is 25.9 Å². The fourth-order valence-corrected chi connectivity index (χ4v) is 3.69. The van der Waals surface area contributed by atoms with E-state index in [2.05, 4.69) is 25.7 Å². The number of methoxy groups -OCH3 is 1. The molecule has 1 fully saturated rings. The number of anilines is 1. The lowest BCUT2D eigenvalue weighted by Crippen LogP contribution is -2.38. The number of nitriles is 1. The van der Waals surface area contributed by atoms with Gasteiger partial charge in [0.25, 0.3) is 0 Å². The van der Waals surface area contributed by atoms with E-state index in [9.17, 15) is 14.8 Å². The highest BCUT2D eigenvalue weighted by molar-refractivity contribution is 5.77. The van der Waals surface area contributed by atoms with Crippen molar-refractivity contribution in [3.63, 3.8) is 0 Å². The largest absolute Gasteiger partial charge is 0.493 e. The zero-order valence-corrected chi connectivity index (χ0v) is 17.6. The van der Waals surface area contributed by atoms with Gasteiger partial charge >= 0.3 is 0 Å². The third-order valence-corrected chi connectivity index (χ3v) is 5.25. The summed E-state index contributed by atoms with van der Waals surface area (Å²) in [6.07, 6.45) is 4.97. The second-order valence-electron chi connectivity index (χ2n) is 8.06. The van der Waals surface area contributed by atoms with Crippen LogP contribution < -0.4 is 15.4 Å². The predicted molar refractivity (Wildman–Crippen MR) is 112 cm³/mol. The monoisotopic (exact) mass is 425 g/mol. The molecule has 9 nitrogen and oxygen atoms in total. The predicted octanol–water partition coefficient (Wildman–Crippen LogP) is 2.20. The second kappa shape index (κ2) is 8.09. The van der Waals surface area contributed by atoms with Gasteiger partial charge in [-0.25, -0.2) is 18.9 Å². The fraction of sp³-hybridized carbons (Fsp3) is 0.429. The summed E-state index contributed by atoms with van der Waals surface area (Å²) in [7, 11) is 1.47. The number of aliphatic hydroxyl groups is 1. The van der Waals surface area contributed by atoms with Crippen molar-refractivity contribution in [1.82, 2.24) is 24.9 Å². The molecule has 3 aromatic heterocycles. The van der Waals surface area contributed by atoms with E-state index in [0.29, 0.717) is 28.5 Å². The van der Waals surface area contributed by atoms with E-state index in [-0.39, 0.29) is 17.3 Å². The summed E-state index contributed by atoms with van der Waals surface area (Å²) in [4.78, 5) is 8.95. The minimum atomic E-state index is -1.29. The number of ether oxygens (including phenoxy) is 1. The smallest absolute Gasteiger partial charge is 0.165 e. The molecule has 10 heteroatoms. The van der Waals surface area contributed by atoms with Crippen LogP contribution in [0.3, 0.4) is 0 Å². The molecule has 0 amide bonds. The molecule has 4 rings (SSSR count). The Labute approximate surface area is 178 Å². The highest BCUT2D eigenvalue weighted by Gasteiger charge is 2.26. The van der Waals surface area contributed by atoms with Crippen molar-refractivity contribution in [3.05, 3.63) is 35.5 Å². The van der Waals surface area contributed by atoms with Gasteiger partial charge in [-0.2, -0.15) is 10.4 Å². The van der Waals surface area contributed by atoms with Gasteiger partial charge in [0, 0.05) is 12.6 Å². The summed E-state index contributed by atoms with van der Waals surface area (Å²) >= 11 is 0. The highest BCUT2D eigenvalue weighted by Crippen LogP contribution is 2.33. The van der Waals surface area contributed by atoms with E-state index < -0.39 is 11.4 Å². The van der Waals surface area contributed by atoms with E-state index in [4.69, 9.17) is 4.74 Å². The number of rotatable bonds is 5. The molecular formula is C21H24FN7O2. The van der Waals surface area contributed by atoms with Gasteiger partial charge in [0.05, 0.1) is 30.6 Å². The number of piperidine rings is 1. The molecule has 4 heterocycles. The first-order valence-electron chi connectivity index (χ1n) is 10.0. The van der Waals surface area contributed by atoms with E-state index in [1.54, 1.807) is 20.0 Å². The number of aromatic nitrogens is 4. The molecule has 0 saturated carbocycles. The van der Waals surface area contributed by atoms with Gasteiger partial charge in [0.15, 0.2) is 17.2 Å². The first kappa shape index (κ1) is 21.0. The van der Waals surface area contributed by atoms with Gasteiger partial charge in [0.2, 0.25) is 0 Å². The summed E-state index contributed by atoms with van der Waals surface area (Å²) in [5.74, 6) is 0.0273. The third-order valence-electron chi connectivity index (χ3n) is 5.25. The van der Waals surface area contributed by atoms with E-state index >= 15 is 0 Å². The average Bonchev–Trinajstić information content (AvgIpc) is 3.16. The zero-order valence-electron chi connectivity index (χ0n) is 17.6. The van der Waals surface area contributed by atoms with E-state index in [1.165, 1.54) is 23.9 Å². The molecule has 1 aliphatic heterocycles. The zero-order chi connectivity index (χ0) is 22.2. The summed E-state index contributed by atoms with van der Waals surface area (Å²) in [5, 5.41) is 30.8. The van der Waals surface area contributed by atoms with Crippen LogP contribution in [0.15, 0.2) is 18.5 Å². The molecule has 0 aliphatic carbocycles. The first-order valence-corrected chi connectivity index (χ1v) is 10.0. The van der Waals surface area contributed by atoms with Gasteiger partial charge in [-0.3, -0.25) is 0 Å². The highest BCUT2D eigenvalue weighted by atomic mass is 19.1. The maximum absolute atomic E-state index is 15.0. The topological polar surface area (TPSA) is 120 Å². The van der Waals surface area contributed by atoms with Crippen molar-refractivity contribution < 1.29 is 14.2 Å². The van der Waals surface area contributed by atoms with E-state index in [1.807, 2.05) is 6.07 Å². The first-order chi connectivity index (χ1) is 14.8. The molecule has 1 atom stereocenters. The Kier molecular flexibility index (Phi) is 5.47. The summed E-state index contributed by atoms with van der Waals surface area (Å²) in [6.45, 7) is 4.87. The Morgan fingerprint density at radius 1 is 1.42 bits per heavy atom. The Morgan fingerprint density at radius 2 is 2.23 bits per heavy atom. The van der Waals surface area contributed by atoms with Crippen LogP contribution in [-0.2, 0) is 5.60 Å². The number of nitrogens with zero attached hydrogens (tertiary/aromatic N) is 5. The molecule has 0 radical (unpaired) electrons. The Balaban J connectivity index is 1.83. The second-order valence-corrected chi connectivity index (χ2v) is 8.06. The molecular weight excluding hydrogens is 401 g/mol. The van der Waals surface area contributed by atoms with Crippen LogP contribution in [0.5, 0.6) is 5.75 Å². The number of halogens is 1. The van der Waals surface area contributed by atoms with Crippen molar-refractivity contribution in [1.29, 1.82) is 5.26 Å². The maximum atomic E-state index is 15.0. The SMILES string of the molecule is COc1cn2ncc(-c3nc(NC4CCCNC4)c(C#N)cc3F)c2nc1C(C)(C)O. The van der Waals surface area contributed by atoms with Crippen LogP contribution in [-0.4, -0.2) is 50.9 Å².